The number of aliphatic hydroxyl groups is 1. The van der Waals surface area contributed by atoms with Crippen LogP contribution in [0.1, 0.15) is 63.7 Å². The fourth-order valence-corrected chi connectivity index (χ4v) is 7.28. The number of hydrogen-bond donors (Lipinski definition) is 1. The number of aliphatic hydroxyl groups excluding tert-OH is 1. The van der Waals surface area contributed by atoms with Gasteiger partial charge in [0.2, 0.25) is 10.9 Å². The number of aromatic nitrogens is 3. The van der Waals surface area contributed by atoms with Crippen LogP contribution in [-0.2, 0) is 10.5 Å². The third kappa shape index (κ3) is 6.37. The number of benzene rings is 2. The molecule has 0 radical (unpaired) electrons. The van der Waals surface area contributed by atoms with Gasteiger partial charge < -0.3 is 9.84 Å². The summed E-state index contributed by atoms with van der Waals surface area (Å²) in [7, 11) is 0. The molecule has 0 saturated heterocycles. The zero-order valence-electron chi connectivity index (χ0n) is 23.0. The molecule has 0 spiro atoms. The van der Waals surface area contributed by atoms with Crippen molar-refractivity contribution in [2.45, 2.75) is 56.2 Å². The number of amides is 1. The zero-order chi connectivity index (χ0) is 28.9. The third-order valence-corrected chi connectivity index (χ3v) is 9.78. The number of unbranched alkanes of at least 4 members (excludes halogenated alkanes) is 2. The Morgan fingerprint density at radius 1 is 1.05 bits per heavy atom. The molecule has 1 atom stereocenters. The van der Waals surface area contributed by atoms with Gasteiger partial charge in [-0.15, -0.1) is 21.5 Å². The number of ketones is 1. The largest absolute Gasteiger partial charge is 0.503 e. The van der Waals surface area contributed by atoms with Crippen molar-refractivity contribution >= 4 is 51.3 Å². The van der Waals surface area contributed by atoms with E-state index in [1.165, 1.54) is 39.3 Å². The van der Waals surface area contributed by atoms with Crippen molar-refractivity contribution in [1.82, 2.24) is 15.2 Å². The second-order valence-electron chi connectivity index (χ2n) is 9.57. The lowest BCUT2D eigenvalue weighted by atomic mass is 9.95. The Bertz CT molecular complexity index is 1560. The van der Waals surface area contributed by atoms with Gasteiger partial charge in [-0.2, -0.15) is 0 Å². The molecule has 3 heterocycles. The number of thiazole rings is 1. The second-order valence-corrected chi connectivity index (χ2v) is 12.9. The Balaban J connectivity index is 1.47. The molecule has 0 bridgehead atoms. The molecule has 1 unspecified atom stereocenters. The highest BCUT2D eigenvalue weighted by Crippen LogP contribution is 2.44. The van der Waals surface area contributed by atoms with E-state index in [-0.39, 0.29) is 5.57 Å². The van der Waals surface area contributed by atoms with Crippen LogP contribution in [-0.4, -0.2) is 38.6 Å². The number of ether oxygens (including phenoxy) is 1. The maximum atomic E-state index is 13.8. The average molecular weight is 607 g/mol. The predicted octanol–water partition coefficient (Wildman–Crippen LogP) is 7.26. The number of thioether (sulfide) groups is 1. The maximum absolute atomic E-state index is 13.8. The van der Waals surface area contributed by atoms with Crippen LogP contribution >= 0.6 is 34.4 Å². The minimum atomic E-state index is -0.883. The molecule has 5 rings (SSSR count). The molecule has 11 heteroatoms. The number of hydrogen-bond acceptors (Lipinski definition) is 10. The molecule has 212 valence electrons. The summed E-state index contributed by atoms with van der Waals surface area (Å²) in [5.41, 5.74) is 2.36. The van der Waals surface area contributed by atoms with Crippen molar-refractivity contribution in [2.24, 2.45) is 0 Å². The highest BCUT2D eigenvalue weighted by molar-refractivity contribution is 8.00. The number of nitrogens with zero attached hydrogens (tertiary/aromatic N) is 4. The summed E-state index contributed by atoms with van der Waals surface area (Å²) < 4.78 is 6.55. The molecule has 0 fully saturated rings. The lowest BCUT2D eigenvalue weighted by molar-refractivity contribution is -0.117. The van der Waals surface area contributed by atoms with Crippen molar-refractivity contribution in [1.29, 1.82) is 0 Å². The summed E-state index contributed by atoms with van der Waals surface area (Å²) in [5.74, 6) is -0.295. The van der Waals surface area contributed by atoms with E-state index >= 15 is 0 Å². The Labute approximate surface area is 251 Å². The van der Waals surface area contributed by atoms with Crippen LogP contribution < -0.4 is 9.64 Å². The van der Waals surface area contributed by atoms with E-state index in [0.29, 0.717) is 43.7 Å². The summed E-state index contributed by atoms with van der Waals surface area (Å²) in [6, 6.07) is 16.4. The van der Waals surface area contributed by atoms with Crippen molar-refractivity contribution in [3.05, 3.63) is 92.6 Å². The van der Waals surface area contributed by atoms with Crippen molar-refractivity contribution in [2.75, 3.05) is 11.5 Å². The molecule has 1 aliphatic heterocycles. The standard InChI is InChI=1S/C30H30N4O4S3/c1-4-5-9-16-38-22-14-12-21(13-15-22)24-23(25(35)27-18(2)31-19(3)40-27)26(36)28(37)34(24)29-32-33-30(41-29)39-17-20-10-7-6-8-11-20/h6-8,10-15,24,36H,4-5,9,16-17H2,1-3H3. The minimum absolute atomic E-state index is 0.00653. The van der Waals surface area contributed by atoms with Crippen LogP contribution in [0.5, 0.6) is 5.75 Å². The van der Waals surface area contributed by atoms with Crippen LogP contribution in [0, 0.1) is 13.8 Å². The highest BCUT2D eigenvalue weighted by atomic mass is 32.2. The summed E-state index contributed by atoms with van der Waals surface area (Å²) >= 11 is 4.01. The first-order valence-corrected chi connectivity index (χ1v) is 16.0. The molecule has 8 nitrogen and oxygen atoms in total. The molecular formula is C30H30N4O4S3. The molecule has 2 aromatic carbocycles. The number of Topliss-reactive ketones (excluding diaryl/α,β-unsaturated/α-hetero) is 1. The lowest BCUT2D eigenvalue weighted by Crippen LogP contribution is -2.31. The first kappa shape index (κ1) is 29.0. The number of carbonyl (C=O) groups excluding carboxylic acids is 2. The van der Waals surface area contributed by atoms with E-state index in [1.54, 1.807) is 6.92 Å². The smallest absolute Gasteiger partial charge is 0.296 e. The van der Waals surface area contributed by atoms with Crippen LogP contribution in [0.4, 0.5) is 5.13 Å². The van der Waals surface area contributed by atoms with E-state index in [2.05, 4.69) is 22.1 Å². The zero-order valence-corrected chi connectivity index (χ0v) is 25.4. The van der Waals surface area contributed by atoms with Crippen molar-refractivity contribution in [3.8, 4) is 5.75 Å². The Morgan fingerprint density at radius 2 is 1.80 bits per heavy atom. The van der Waals surface area contributed by atoms with Crippen LogP contribution in [0.2, 0.25) is 0 Å². The van der Waals surface area contributed by atoms with E-state index in [1.807, 2.05) is 61.5 Å². The Hall–Kier alpha value is -3.54. The molecule has 2 aromatic heterocycles. The van der Waals surface area contributed by atoms with Gasteiger partial charge in [0.1, 0.15) is 5.75 Å². The summed E-state index contributed by atoms with van der Waals surface area (Å²) in [4.78, 5) is 33.5. The van der Waals surface area contributed by atoms with Crippen LogP contribution in [0.15, 0.2) is 70.3 Å². The number of aryl methyl sites for hydroxylation is 2. The van der Waals surface area contributed by atoms with Gasteiger partial charge >= 0.3 is 0 Å². The number of carbonyl (C=O) groups is 2. The minimum Gasteiger partial charge on any atom is -0.503 e. The van der Waals surface area contributed by atoms with Gasteiger partial charge in [-0.05, 0) is 43.5 Å². The fourth-order valence-electron chi connectivity index (χ4n) is 4.58. The van der Waals surface area contributed by atoms with Gasteiger partial charge in [-0.1, -0.05) is 85.3 Å². The number of anilines is 1. The summed E-state index contributed by atoms with van der Waals surface area (Å²) in [6.07, 6.45) is 3.17. The molecule has 1 N–H and O–H groups in total. The molecule has 1 aliphatic rings. The van der Waals surface area contributed by atoms with E-state index in [0.717, 1.165) is 29.8 Å². The monoisotopic (exact) mass is 606 g/mol. The van der Waals surface area contributed by atoms with E-state index < -0.39 is 23.5 Å². The topological polar surface area (TPSA) is 106 Å². The number of rotatable bonds is 12. The summed E-state index contributed by atoms with van der Waals surface area (Å²) in [6.45, 7) is 6.33. The first-order valence-electron chi connectivity index (χ1n) is 13.4. The Kier molecular flexibility index (Phi) is 9.16. The van der Waals surface area contributed by atoms with Crippen LogP contribution in [0.3, 0.4) is 0 Å². The van der Waals surface area contributed by atoms with Gasteiger partial charge in [-0.25, -0.2) is 4.98 Å². The van der Waals surface area contributed by atoms with E-state index in [4.69, 9.17) is 4.74 Å². The molecule has 1 amide bonds. The third-order valence-electron chi connectivity index (χ3n) is 6.58. The Morgan fingerprint density at radius 3 is 2.49 bits per heavy atom. The first-order chi connectivity index (χ1) is 19.9. The van der Waals surface area contributed by atoms with Gasteiger partial charge in [-0.3, -0.25) is 14.5 Å². The maximum Gasteiger partial charge on any atom is 0.296 e. The highest BCUT2D eigenvalue weighted by Gasteiger charge is 2.46. The quantitative estimate of drug-likeness (QED) is 0.0778. The molecule has 0 aliphatic carbocycles. The van der Waals surface area contributed by atoms with Gasteiger partial charge in [0.25, 0.3) is 5.91 Å². The van der Waals surface area contributed by atoms with Crippen molar-refractivity contribution < 1.29 is 19.4 Å². The second kappa shape index (κ2) is 13.0. The normalized spacial score (nSPS) is 15.1. The van der Waals surface area contributed by atoms with E-state index in [9.17, 15) is 14.7 Å². The molecule has 0 saturated carbocycles. The van der Waals surface area contributed by atoms with Crippen LogP contribution in [0.25, 0.3) is 0 Å². The van der Waals surface area contributed by atoms with Gasteiger partial charge in [0.15, 0.2) is 10.1 Å². The fraction of sp³-hybridized carbons (Fsp3) is 0.300. The van der Waals surface area contributed by atoms with Gasteiger partial charge in [0.05, 0.1) is 33.8 Å². The summed E-state index contributed by atoms with van der Waals surface area (Å²) in [5, 5.41) is 20.8. The average Bonchev–Trinajstić information content (AvgIpc) is 3.66. The molecule has 4 aromatic rings. The van der Waals surface area contributed by atoms with Gasteiger partial charge in [0, 0.05) is 5.75 Å². The van der Waals surface area contributed by atoms with Crippen molar-refractivity contribution in [3.63, 3.8) is 0 Å². The molecular weight excluding hydrogens is 577 g/mol. The lowest BCUT2D eigenvalue weighted by Gasteiger charge is -2.24. The predicted molar refractivity (Wildman–Crippen MR) is 163 cm³/mol. The SMILES string of the molecule is CCCCCOc1ccc(C2C(C(=O)c3sc(C)nc3C)=C(O)C(=O)N2c2nnc(SCc3ccccc3)s2)cc1. The molecule has 41 heavy (non-hydrogen) atoms.